The lowest BCUT2D eigenvalue weighted by Crippen LogP contribution is -2.39. The Labute approximate surface area is 106 Å². The fourth-order valence-corrected chi connectivity index (χ4v) is 2.79. The summed E-state index contributed by atoms with van der Waals surface area (Å²) < 4.78 is 1.20. The van der Waals surface area contributed by atoms with E-state index in [1.165, 1.54) is 17.5 Å². The van der Waals surface area contributed by atoms with Crippen LogP contribution in [0.15, 0.2) is 24.3 Å². The maximum atomic E-state index is 6.12. The highest BCUT2D eigenvalue weighted by molar-refractivity contribution is 7.22. The maximum Gasteiger partial charge on any atom is 0.201 e. The molecule has 0 saturated heterocycles. The van der Waals surface area contributed by atoms with Crippen LogP contribution in [0.5, 0.6) is 0 Å². The van der Waals surface area contributed by atoms with E-state index in [0.717, 1.165) is 17.1 Å². The molecule has 0 saturated carbocycles. The average molecular weight is 249 g/mol. The highest BCUT2D eigenvalue weighted by Gasteiger charge is 2.14. The first-order chi connectivity index (χ1) is 8.22. The second-order valence-electron chi connectivity index (χ2n) is 4.36. The third kappa shape index (κ3) is 2.76. The summed E-state index contributed by atoms with van der Waals surface area (Å²) in [5.74, 6) is 6.12. The van der Waals surface area contributed by atoms with Gasteiger partial charge in [-0.1, -0.05) is 43.2 Å². The van der Waals surface area contributed by atoms with E-state index in [9.17, 15) is 0 Å². The molecule has 1 heterocycles. The molecular formula is C13H19N3S. The van der Waals surface area contributed by atoms with Crippen molar-refractivity contribution >= 4 is 26.7 Å². The van der Waals surface area contributed by atoms with Crippen molar-refractivity contribution in [3.8, 4) is 0 Å². The number of nitrogens with two attached hydrogens (primary N) is 1. The van der Waals surface area contributed by atoms with Crippen molar-refractivity contribution in [2.45, 2.75) is 39.2 Å². The van der Waals surface area contributed by atoms with Gasteiger partial charge in [0.15, 0.2) is 0 Å². The first-order valence-corrected chi connectivity index (χ1v) is 6.93. The number of rotatable bonds is 5. The average Bonchev–Trinajstić information content (AvgIpc) is 2.78. The number of hydrazine groups is 1. The van der Waals surface area contributed by atoms with E-state index in [1.807, 2.05) is 18.2 Å². The molecule has 1 atom stereocenters. The lowest BCUT2D eigenvalue weighted by atomic mass is 10.1. The zero-order valence-corrected chi connectivity index (χ0v) is 11.2. The highest BCUT2D eigenvalue weighted by Crippen LogP contribution is 2.28. The number of thiazole rings is 1. The van der Waals surface area contributed by atoms with E-state index in [0.29, 0.717) is 6.04 Å². The third-order valence-electron chi connectivity index (χ3n) is 2.95. The molecule has 0 spiro atoms. The Kier molecular flexibility index (Phi) is 3.97. The second-order valence-corrected chi connectivity index (χ2v) is 5.37. The highest BCUT2D eigenvalue weighted by atomic mass is 32.1. The fraction of sp³-hybridized carbons (Fsp3) is 0.462. The molecule has 0 amide bonds. The number of anilines is 1. The minimum atomic E-state index is 0.343. The summed E-state index contributed by atoms with van der Waals surface area (Å²) >= 11 is 1.66. The summed E-state index contributed by atoms with van der Waals surface area (Å²) in [5.41, 5.74) is 1.03. The minimum absolute atomic E-state index is 0.343. The van der Waals surface area contributed by atoms with Crippen molar-refractivity contribution in [1.82, 2.24) is 4.98 Å². The van der Waals surface area contributed by atoms with Crippen LogP contribution in [0, 0.1) is 0 Å². The van der Waals surface area contributed by atoms with Gasteiger partial charge in [0, 0.05) is 6.04 Å². The van der Waals surface area contributed by atoms with E-state index in [1.54, 1.807) is 16.3 Å². The van der Waals surface area contributed by atoms with Crippen LogP contribution in [0.1, 0.15) is 33.1 Å². The summed E-state index contributed by atoms with van der Waals surface area (Å²) in [5, 5.41) is 2.72. The summed E-state index contributed by atoms with van der Waals surface area (Å²) in [6.07, 6.45) is 3.53. The monoisotopic (exact) mass is 249 g/mol. The molecule has 2 N–H and O–H groups in total. The van der Waals surface area contributed by atoms with E-state index in [4.69, 9.17) is 5.84 Å². The van der Waals surface area contributed by atoms with Crippen LogP contribution < -0.4 is 10.9 Å². The Morgan fingerprint density at radius 1 is 1.41 bits per heavy atom. The zero-order valence-electron chi connectivity index (χ0n) is 10.4. The molecule has 2 aromatic rings. The summed E-state index contributed by atoms with van der Waals surface area (Å²) in [7, 11) is 0. The van der Waals surface area contributed by atoms with Gasteiger partial charge in [-0.3, -0.25) is 5.01 Å². The van der Waals surface area contributed by atoms with Crippen LogP contribution in [-0.2, 0) is 0 Å². The van der Waals surface area contributed by atoms with Crippen molar-refractivity contribution in [2.24, 2.45) is 5.84 Å². The number of para-hydroxylation sites is 1. The van der Waals surface area contributed by atoms with Crippen LogP contribution in [0.3, 0.4) is 0 Å². The number of benzene rings is 1. The molecule has 1 aromatic heterocycles. The Hall–Kier alpha value is -1.13. The number of unbranched alkanes of at least 4 members (excludes halogenated alkanes) is 1. The van der Waals surface area contributed by atoms with Crippen molar-refractivity contribution in [1.29, 1.82) is 0 Å². The van der Waals surface area contributed by atoms with Gasteiger partial charge >= 0.3 is 0 Å². The van der Waals surface area contributed by atoms with Crippen LogP contribution in [-0.4, -0.2) is 11.0 Å². The fourth-order valence-electron chi connectivity index (χ4n) is 1.80. The molecule has 0 aliphatic rings. The van der Waals surface area contributed by atoms with Gasteiger partial charge in [-0.15, -0.1) is 0 Å². The van der Waals surface area contributed by atoms with Crippen molar-refractivity contribution in [3.05, 3.63) is 24.3 Å². The number of fused-ring (bicyclic) bond motifs is 1. The number of hydrogen-bond donors (Lipinski definition) is 1. The predicted molar refractivity (Wildman–Crippen MR) is 75.3 cm³/mol. The Bertz CT molecular complexity index is 447. The van der Waals surface area contributed by atoms with E-state index >= 15 is 0 Å². The Morgan fingerprint density at radius 2 is 2.18 bits per heavy atom. The van der Waals surface area contributed by atoms with Crippen molar-refractivity contribution in [2.75, 3.05) is 5.01 Å². The topological polar surface area (TPSA) is 42.1 Å². The molecule has 0 radical (unpaired) electrons. The van der Waals surface area contributed by atoms with Gasteiger partial charge in [0.2, 0.25) is 5.13 Å². The Balaban J connectivity index is 2.15. The van der Waals surface area contributed by atoms with E-state index < -0.39 is 0 Å². The third-order valence-corrected chi connectivity index (χ3v) is 4.00. The lowest BCUT2D eigenvalue weighted by molar-refractivity contribution is 0.568. The van der Waals surface area contributed by atoms with Gasteiger partial charge in [-0.25, -0.2) is 10.8 Å². The number of nitrogens with zero attached hydrogens (tertiary/aromatic N) is 2. The normalized spacial score (nSPS) is 12.9. The molecule has 1 unspecified atom stereocenters. The van der Waals surface area contributed by atoms with Gasteiger partial charge < -0.3 is 0 Å². The molecule has 92 valence electrons. The van der Waals surface area contributed by atoms with Gasteiger partial charge in [0.1, 0.15) is 0 Å². The molecule has 0 fully saturated rings. The minimum Gasteiger partial charge on any atom is -0.283 e. The van der Waals surface area contributed by atoms with Crippen LogP contribution in [0.2, 0.25) is 0 Å². The summed E-state index contributed by atoms with van der Waals surface area (Å²) in [4.78, 5) is 4.56. The first kappa shape index (κ1) is 12.3. The van der Waals surface area contributed by atoms with E-state index in [2.05, 4.69) is 24.9 Å². The Morgan fingerprint density at radius 3 is 2.88 bits per heavy atom. The van der Waals surface area contributed by atoms with Crippen molar-refractivity contribution in [3.63, 3.8) is 0 Å². The molecule has 2 rings (SSSR count). The number of hydrogen-bond acceptors (Lipinski definition) is 4. The van der Waals surface area contributed by atoms with Gasteiger partial charge in [-0.2, -0.15) is 0 Å². The molecular weight excluding hydrogens is 230 g/mol. The molecule has 3 nitrogen and oxygen atoms in total. The van der Waals surface area contributed by atoms with Crippen LogP contribution in [0.4, 0.5) is 5.13 Å². The van der Waals surface area contributed by atoms with Crippen LogP contribution in [0.25, 0.3) is 10.2 Å². The molecule has 0 aliphatic carbocycles. The molecule has 0 bridgehead atoms. The van der Waals surface area contributed by atoms with Crippen LogP contribution >= 0.6 is 11.3 Å². The summed E-state index contributed by atoms with van der Waals surface area (Å²) in [6.45, 7) is 4.35. The SMILES string of the molecule is CCCCC(C)N(N)c1nc2ccccc2s1. The molecule has 4 heteroatoms. The predicted octanol–water partition coefficient (Wildman–Crippen LogP) is 3.56. The lowest BCUT2D eigenvalue weighted by Gasteiger charge is -2.23. The summed E-state index contributed by atoms with van der Waals surface area (Å²) in [6, 6.07) is 8.50. The van der Waals surface area contributed by atoms with Gasteiger partial charge in [-0.05, 0) is 25.5 Å². The molecule has 17 heavy (non-hydrogen) atoms. The van der Waals surface area contributed by atoms with Gasteiger partial charge in [0.25, 0.3) is 0 Å². The largest absolute Gasteiger partial charge is 0.283 e. The van der Waals surface area contributed by atoms with Gasteiger partial charge in [0.05, 0.1) is 10.2 Å². The standard InChI is InChI=1S/C13H19N3S/c1-3-4-7-10(2)16(14)13-15-11-8-5-6-9-12(11)17-13/h5-6,8-10H,3-4,7,14H2,1-2H3. The van der Waals surface area contributed by atoms with Crippen molar-refractivity contribution < 1.29 is 0 Å². The quantitative estimate of drug-likeness (QED) is 0.651. The smallest absolute Gasteiger partial charge is 0.201 e. The van der Waals surface area contributed by atoms with E-state index in [-0.39, 0.29) is 0 Å². The molecule has 1 aromatic carbocycles. The zero-order chi connectivity index (χ0) is 12.3. The second kappa shape index (κ2) is 5.47. The molecule has 0 aliphatic heterocycles. The number of aromatic nitrogens is 1. The first-order valence-electron chi connectivity index (χ1n) is 6.12. The maximum absolute atomic E-state index is 6.12.